The largest absolute Gasteiger partial charge is 0.341 e. The number of amides is 1. The van der Waals surface area contributed by atoms with E-state index in [-0.39, 0.29) is 17.6 Å². The molecule has 1 unspecified atom stereocenters. The Kier molecular flexibility index (Phi) is 5.73. The molecule has 0 aliphatic rings. The number of aryl methyl sites for hydroxylation is 2. The molecule has 0 radical (unpaired) electrons. The highest BCUT2D eigenvalue weighted by Gasteiger charge is 2.28. The van der Waals surface area contributed by atoms with E-state index in [4.69, 9.17) is 0 Å². The van der Waals surface area contributed by atoms with Crippen molar-refractivity contribution in [3.8, 4) is 0 Å². The predicted molar refractivity (Wildman–Crippen MR) is 106 cm³/mol. The molecule has 3 aromatic rings. The lowest BCUT2D eigenvalue weighted by atomic mass is 9.98. The molecule has 28 heavy (non-hydrogen) atoms. The van der Waals surface area contributed by atoms with Crippen LogP contribution in [0, 0.1) is 12.8 Å². The third-order valence-electron chi connectivity index (χ3n) is 4.77. The summed E-state index contributed by atoms with van der Waals surface area (Å²) in [5, 5.41) is 2.87. The summed E-state index contributed by atoms with van der Waals surface area (Å²) in [5.41, 5.74) is 1.59. The SMILES string of the molecule is Cc1nccn1Cc1ccc(C(=O)NC(C(=O)c2nccn2C)C(C)C)cc1. The van der Waals surface area contributed by atoms with Crippen molar-refractivity contribution in [3.05, 3.63) is 71.8 Å². The van der Waals surface area contributed by atoms with Crippen LogP contribution in [0.15, 0.2) is 49.1 Å². The second-order valence-electron chi connectivity index (χ2n) is 7.22. The number of aromatic nitrogens is 4. The summed E-state index contributed by atoms with van der Waals surface area (Å²) >= 11 is 0. The van der Waals surface area contributed by atoms with Gasteiger partial charge in [-0.05, 0) is 30.5 Å². The topological polar surface area (TPSA) is 81.8 Å². The van der Waals surface area contributed by atoms with Gasteiger partial charge in [-0.2, -0.15) is 0 Å². The normalized spacial score (nSPS) is 12.2. The Morgan fingerprint density at radius 1 is 1.07 bits per heavy atom. The van der Waals surface area contributed by atoms with Gasteiger partial charge in [-0.15, -0.1) is 0 Å². The Hall–Kier alpha value is -3.22. The fraction of sp³-hybridized carbons (Fsp3) is 0.333. The molecule has 0 aliphatic carbocycles. The Bertz CT molecular complexity index is 969. The van der Waals surface area contributed by atoms with Gasteiger partial charge in [0.1, 0.15) is 5.82 Å². The van der Waals surface area contributed by atoms with E-state index >= 15 is 0 Å². The minimum Gasteiger partial charge on any atom is -0.341 e. The van der Waals surface area contributed by atoms with Gasteiger partial charge >= 0.3 is 0 Å². The summed E-state index contributed by atoms with van der Waals surface area (Å²) in [6.45, 7) is 6.46. The van der Waals surface area contributed by atoms with Crippen LogP contribution in [0.4, 0.5) is 0 Å². The van der Waals surface area contributed by atoms with Crippen molar-refractivity contribution < 1.29 is 9.59 Å². The van der Waals surface area contributed by atoms with Crippen molar-refractivity contribution >= 4 is 11.7 Å². The molecule has 1 N–H and O–H groups in total. The summed E-state index contributed by atoms with van der Waals surface area (Å²) in [4.78, 5) is 33.8. The molecule has 0 spiro atoms. The third kappa shape index (κ3) is 4.19. The molecule has 1 amide bonds. The third-order valence-corrected chi connectivity index (χ3v) is 4.77. The molecule has 2 aromatic heterocycles. The molecule has 146 valence electrons. The molecular weight excluding hydrogens is 354 g/mol. The molecule has 7 heteroatoms. The average Bonchev–Trinajstić information content (AvgIpc) is 3.27. The first-order valence-corrected chi connectivity index (χ1v) is 9.26. The molecule has 0 saturated heterocycles. The van der Waals surface area contributed by atoms with Gasteiger partial charge in [0.05, 0.1) is 6.04 Å². The van der Waals surface area contributed by atoms with E-state index in [0.717, 1.165) is 11.4 Å². The zero-order chi connectivity index (χ0) is 20.3. The molecule has 0 fully saturated rings. The second kappa shape index (κ2) is 8.21. The maximum absolute atomic E-state index is 12.8. The first-order chi connectivity index (χ1) is 13.4. The number of rotatable bonds is 7. The van der Waals surface area contributed by atoms with E-state index < -0.39 is 6.04 Å². The number of hydrogen-bond donors (Lipinski definition) is 1. The molecule has 3 rings (SSSR count). The molecule has 0 aliphatic heterocycles. The lowest BCUT2D eigenvalue weighted by molar-refractivity contribution is 0.0823. The van der Waals surface area contributed by atoms with Gasteiger partial charge < -0.3 is 14.5 Å². The smallest absolute Gasteiger partial charge is 0.251 e. The summed E-state index contributed by atoms with van der Waals surface area (Å²) in [6, 6.07) is 6.75. The van der Waals surface area contributed by atoms with Crippen molar-refractivity contribution in [2.45, 2.75) is 33.4 Å². The van der Waals surface area contributed by atoms with E-state index in [2.05, 4.69) is 15.3 Å². The highest BCUT2D eigenvalue weighted by Crippen LogP contribution is 2.12. The Morgan fingerprint density at radius 2 is 1.75 bits per heavy atom. The van der Waals surface area contributed by atoms with Crippen LogP contribution in [0.25, 0.3) is 0 Å². The second-order valence-corrected chi connectivity index (χ2v) is 7.22. The van der Waals surface area contributed by atoms with E-state index in [1.54, 1.807) is 42.3 Å². The van der Waals surface area contributed by atoms with E-state index in [1.807, 2.05) is 43.7 Å². The number of imidazole rings is 2. The fourth-order valence-electron chi connectivity index (χ4n) is 3.03. The first-order valence-electron chi connectivity index (χ1n) is 9.26. The van der Waals surface area contributed by atoms with Gasteiger partial charge in [0.25, 0.3) is 5.91 Å². The number of hydrogen-bond acceptors (Lipinski definition) is 4. The highest BCUT2D eigenvalue weighted by atomic mass is 16.2. The van der Waals surface area contributed by atoms with E-state index in [9.17, 15) is 9.59 Å². The van der Waals surface area contributed by atoms with Gasteiger partial charge in [-0.1, -0.05) is 26.0 Å². The Balaban J connectivity index is 1.71. The number of carbonyl (C=O) groups excluding carboxylic acids is 2. The zero-order valence-corrected chi connectivity index (χ0v) is 16.6. The zero-order valence-electron chi connectivity index (χ0n) is 16.6. The van der Waals surface area contributed by atoms with E-state index in [1.165, 1.54) is 0 Å². The van der Waals surface area contributed by atoms with Crippen LogP contribution in [-0.4, -0.2) is 36.8 Å². The minimum atomic E-state index is -0.637. The molecule has 0 saturated carbocycles. The van der Waals surface area contributed by atoms with Crippen molar-refractivity contribution in [3.63, 3.8) is 0 Å². The van der Waals surface area contributed by atoms with Crippen molar-refractivity contribution in [1.29, 1.82) is 0 Å². The molecule has 1 atom stereocenters. The predicted octanol–water partition coefficient (Wildman–Crippen LogP) is 2.61. The number of nitrogens with one attached hydrogen (secondary N) is 1. The van der Waals surface area contributed by atoms with Crippen LogP contribution in [-0.2, 0) is 13.6 Å². The van der Waals surface area contributed by atoms with Crippen molar-refractivity contribution in [2.75, 3.05) is 0 Å². The van der Waals surface area contributed by atoms with Gasteiger partial charge in [0, 0.05) is 43.9 Å². The first kappa shape index (κ1) is 19.5. The molecular formula is C21H25N5O2. The lowest BCUT2D eigenvalue weighted by Crippen LogP contribution is -2.45. The van der Waals surface area contributed by atoms with Gasteiger partial charge in [0.15, 0.2) is 5.82 Å². The summed E-state index contributed by atoms with van der Waals surface area (Å²) in [6.07, 6.45) is 6.98. The van der Waals surface area contributed by atoms with Crippen LogP contribution in [0.2, 0.25) is 0 Å². The monoisotopic (exact) mass is 379 g/mol. The summed E-state index contributed by atoms with van der Waals surface area (Å²) in [7, 11) is 1.76. The van der Waals surface area contributed by atoms with Crippen LogP contribution < -0.4 is 5.32 Å². The molecule has 0 bridgehead atoms. The Morgan fingerprint density at radius 3 is 2.29 bits per heavy atom. The number of nitrogens with zero attached hydrogens (tertiary/aromatic N) is 4. The number of Topliss-reactive ketones (excluding diaryl/α,β-unsaturated/α-hetero) is 1. The maximum atomic E-state index is 12.8. The van der Waals surface area contributed by atoms with Crippen LogP contribution in [0.5, 0.6) is 0 Å². The number of benzene rings is 1. The van der Waals surface area contributed by atoms with Crippen molar-refractivity contribution in [1.82, 2.24) is 24.4 Å². The summed E-state index contributed by atoms with van der Waals surface area (Å²) < 4.78 is 3.70. The molecule has 1 aromatic carbocycles. The minimum absolute atomic E-state index is 0.0587. The van der Waals surface area contributed by atoms with Crippen molar-refractivity contribution in [2.24, 2.45) is 13.0 Å². The van der Waals surface area contributed by atoms with Crippen LogP contribution in [0.3, 0.4) is 0 Å². The summed E-state index contributed by atoms with van der Waals surface area (Å²) in [5.74, 6) is 0.755. The van der Waals surface area contributed by atoms with Crippen LogP contribution in [0.1, 0.15) is 46.2 Å². The van der Waals surface area contributed by atoms with Gasteiger partial charge in [0.2, 0.25) is 5.78 Å². The quantitative estimate of drug-likeness (QED) is 0.640. The highest BCUT2D eigenvalue weighted by molar-refractivity contribution is 6.02. The number of ketones is 1. The molecule has 7 nitrogen and oxygen atoms in total. The fourth-order valence-corrected chi connectivity index (χ4v) is 3.03. The van der Waals surface area contributed by atoms with Gasteiger partial charge in [-0.3, -0.25) is 9.59 Å². The average molecular weight is 379 g/mol. The van der Waals surface area contributed by atoms with Crippen LogP contribution >= 0.6 is 0 Å². The molecule has 2 heterocycles. The lowest BCUT2D eigenvalue weighted by Gasteiger charge is -2.21. The van der Waals surface area contributed by atoms with E-state index in [0.29, 0.717) is 17.9 Å². The maximum Gasteiger partial charge on any atom is 0.251 e. The van der Waals surface area contributed by atoms with Gasteiger partial charge in [-0.25, -0.2) is 9.97 Å². The number of carbonyl (C=O) groups is 2. The Labute approximate surface area is 164 Å². The standard InChI is InChI=1S/C21H25N5O2/c1-14(2)18(19(27)20-23-9-11-25(20)4)24-21(28)17-7-5-16(6-8-17)13-26-12-10-22-15(26)3/h5-12,14,18H,13H2,1-4H3,(H,24,28).